The van der Waals surface area contributed by atoms with Gasteiger partial charge in [0.2, 0.25) is 0 Å². The van der Waals surface area contributed by atoms with Gasteiger partial charge in [0, 0.05) is 0 Å². The average molecular weight is 248 g/mol. The van der Waals surface area contributed by atoms with E-state index in [1.807, 2.05) is 0 Å². The van der Waals surface area contributed by atoms with Crippen molar-refractivity contribution in [2.75, 3.05) is 0 Å². The van der Waals surface area contributed by atoms with Crippen LogP contribution in [-0.4, -0.2) is 0 Å². The van der Waals surface area contributed by atoms with E-state index in [1.54, 1.807) is 0 Å². The van der Waals surface area contributed by atoms with Crippen molar-refractivity contribution in [3.8, 4) is 11.1 Å². The molecule has 0 saturated carbocycles. The van der Waals surface area contributed by atoms with Crippen molar-refractivity contribution in [1.29, 1.82) is 0 Å². The quantitative estimate of drug-likeness (QED) is 0.610. The van der Waals surface area contributed by atoms with Crippen molar-refractivity contribution in [3.05, 3.63) is 71.8 Å². The minimum absolute atomic E-state index is 1.15. The summed E-state index contributed by atoms with van der Waals surface area (Å²) in [4.78, 5) is 0. The average Bonchev–Trinajstić information content (AvgIpc) is 2.44. The lowest BCUT2D eigenvalue weighted by molar-refractivity contribution is 0.735. The zero-order valence-corrected chi connectivity index (χ0v) is 11.4. The Morgan fingerprint density at radius 3 is 2.37 bits per heavy atom. The summed E-state index contributed by atoms with van der Waals surface area (Å²) in [5.74, 6) is 0. The van der Waals surface area contributed by atoms with Gasteiger partial charge in [-0.05, 0) is 54.4 Å². The molecule has 1 aliphatic carbocycles. The van der Waals surface area contributed by atoms with Crippen molar-refractivity contribution in [3.63, 3.8) is 0 Å². The highest BCUT2D eigenvalue weighted by atomic mass is 14.1. The summed E-state index contributed by atoms with van der Waals surface area (Å²) >= 11 is 0. The molecule has 96 valence electrons. The van der Waals surface area contributed by atoms with Crippen LogP contribution in [0.15, 0.2) is 60.7 Å². The van der Waals surface area contributed by atoms with E-state index in [0.29, 0.717) is 0 Å². The minimum Gasteiger partial charge on any atom is -0.0999 e. The molecule has 0 aliphatic heterocycles. The minimum atomic E-state index is 1.15. The van der Waals surface area contributed by atoms with Gasteiger partial charge in [0.15, 0.2) is 0 Å². The van der Waals surface area contributed by atoms with E-state index in [4.69, 9.17) is 0 Å². The van der Waals surface area contributed by atoms with Gasteiger partial charge in [-0.3, -0.25) is 0 Å². The van der Waals surface area contributed by atoms with Crippen molar-refractivity contribution in [2.24, 2.45) is 0 Å². The molecule has 0 amide bonds. The molecular weight excluding hydrogens is 228 g/mol. The van der Waals surface area contributed by atoms with Crippen LogP contribution >= 0.6 is 0 Å². The molecule has 0 heterocycles. The molecular formula is C19H20. The number of aryl methyl sites for hydroxylation is 2. The van der Waals surface area contributed by atoms with Gasteiger partial charge in [-0.1, -0.05) is 60.7 Å². The smallest absolute Gasteiger partial charge is 0.0181 e. The lowest BCUT2D eigenvalue weighted by Gasteiger charge is -2.16. The molecule has 0 N–H and O–H groups in total. The fourth-order valence-corrected chi connectivity index (χ4v) is 2.88. The maximum Gasteiger partial charge on any atom is -0.0181 e. The molecule has 0 spiro atoms. The Kier molecular flexibility index (Phi) is 3.50. The van der Waals surface area contributed by atoms with Gasteiger partial charge in [0.25, 0.3) is 0 Å². The Labute approximate surface area is 115 Å². The van der Waals surface area contributed by atoms with Gasteiger partial charge in [-0.2, -0.15) is 0 Å². The number of fused-ring (bicyclic) bond motifs is 1. The van der Waals surface area contributed by atoms with Crippen molar-refractivity contribution in [1.82, 2.24) is 0 Å². The lowest BCUT2D eigenvalue weighted by Crippen LogP contribution is -2.01. The molecule has 2 aromatic carbocycles. The molecule has 0 nitrogen and oxygen atoms in total. The molecule has 0 saturated heterocycles. The van der Waals surface area contributed by atoms with E-state index in [2.05, 4.69) is 55.1 Å². The van der Waals surface area contributed by atoms with Gasteiger partial charge in [0.05, 0.1) is 0 Å². The SMILES string of the molecule is C=C1CCCc2cc(-c3ccccc3)ccc2CC1. The first-order valence-corrected chi connectivity index (χ1v) is 7.17. The highest BCUT2D eigenvalue weighted by Crippen LogP contribution is 2.27. The number of hydrogen-bond acceptors (Lipinski definition) is 0. The molecule has 0 unspecified atom stereocenters. The Bertz CT molecular complexity index is 578. The normalized spacial score (nSPS) is 15.5. The van der Waals surface area contributed by atoms with E-state index in [9.17, 15) is 0 Å². The summed E-state index contributed by atoms with van der Waals surface area (Å²) in [5, 5.41) is 0. The zero-order valence-electron chi connectivity index (χ0n) is 11.4. The number of hydrogen-bond donors (Lipinski definition) is 0. The van der Waals surface area contributed by atoms with Crippen LogP contribution in [0.25, 0.3) is 11.1 Å². The van der Waals surface area contributed by atoms with E-state index < -0.39 is 0 Å². The Morgan fingerprint density at radius 1 is 0.684 bits per heavy atom. The molecule has 3 rings (SSSR count). The predicted molar refractivity (Wildman–Crippen MR) is 82.3 cm³/mol. The van der Waals surface area contributed by atoms with E-state index in [1.165, 1.54) is 47.1 Å². The summed E-state index contributed by atoms with van der Waals surface area (Å²) in [7, 11) is 0. The maximum absolute atomic E-state index is 4.15. The lowest BCUT2D eigenvalue weighted by atomic mass is 9.89. The third-order valence-corrected chi connectivity index (χ3v) is 4.04. The summed E-state index contributed by atoms with van der Waals surface area (Å²) in [6.45, 7) is 4.15. The molecule has 0 fully saturated rings. The zero-order chi connectivity index (χ0) is 13.1. The fraction of sp³-hybridized carbons (Fsp3) is 0.263. The van der Waals surface area contributed by atoms with Crippen molar-refractivity contribution >= 4 is 0 Å². The van der Waals surface area contributed by atoms with Gasteiger partial charge in [-0.25, -0.2) is 0 Å². The third-order valence-electron chi connectivity index (χ3n) is 4.04. The van der Waals surface area contributed by atoms with E-state index >= 15 is 0 Å². The number of rotatable bonds is 1. The van der Waals surface area contributed by atoms with Crippen LogP contribution in [0.4, 0.5) is 0 Å². The number of benzene rings is 2. The first-order chi connectivity index (χ1) is 9.33. The summed E-state index contributed by atoms with van der Waals surface area (Å²) < 4.78 is 0. The molecule has 0 atom stereocenters. The predicted octanol–water partition coefficient (Wildman–Crippen LogP) is 5.18. The highest BCUT2D eigenvalue weighted by Gasteiger charge is 2.09. The Morgan fingerprint density at radius 2 is 1.53 bits per heavy atom. The highest BCUT2D eigenvalue weighted by molar-refractivity contribution is 5.64. The van der Waals surface area contributed by atoms with Crippen LogP contribution in [0.1, 0.15) is 30.4 Å². The summed E-state index contributed by atoms with van der Waals surface area (Å²) in [5.41, 5.74) is 7.13. The van der Waals surface area contributed by atoms with Gasteiger partial charge in [0.1, 0.15) is 0 Å². The van der Waals surface area contributed by atoms with Crippen molar-refractivity contribution < 1.29 is 0 Å². The van der Waals surface area contributed by atoms with Crippen LogP contribution in [0.5, 0.6) is 0 Å². The van der Waals surface area contributed by atoms with Gasteiger partial charge < -0.3 is 0 Å². The van der Waals surface area contributed by atoms with Crippen LogP contribution in [0, 0.1) is 0 Å². The molecule has 19 heavy (non-hydrogen) atoms. The standard InChI is InChI=1S/C19H20/c1-15-6-5-9-18-14-19(13-12-17(18)11-10-15)16-7-3-2-4-8-16/h2-4,7-8,12-14H,1,5-6,9-11H2. The monoisotopic (exact) mass is 248 g/mol. The van der Waals surface area contributed by atoms with Gasteiger partial charge >= 0.3 is 0 Å². The van der Waals surface area contributed by atoms with Gasteiger partial charge in [-0.15, -0.1) is 0 Å². The maximum atomic E-state index is 4.15. The van der Waals surface area contributed by atoms with E-state index in [0.717, 1.165) is 12.8 Å². The summed E-state index contributed by atoms with van der Waals surface area (Å²) in [6, 6.07) is 17.6. The molecule has 0 aromatic heterocycles. The van der Waals surface area contributed by atoms with Crippen molar-refractivity contribution in [2.45, 2.75) is 32.1 Å². The fourth-order valence-electron chi connectivity index (χ4n) is 2.88. The molecule has 0 heteroatoms. The van der Waals surface area contributed by atoms with E-state index in [-0.39, 0.29) is 0 Å². The van der Waals surface area contributed by atoms with Crippen LogP contribution in [0.2, 0.25) is 0 Å². The topological polar surface area (TPSA) is 0 Å². The second-order valence-corrected chi connectivity index (χ2v) is 5.45. The second-order valence-electron chi connectivity index (χ2n) is 5.45. The second kappa shape index (κ2) is 5.44. The Hall–Kier alpha value is -1.82. The van der Waals surface area contributed by atoms with Crippen LogP contribution < -0.4 is 0 Å². The first kappa shape index (κ1) is 12.2. The third kappa shape index (κ3) is 2.78. The van der Waals surface area contributed by atoms with Crippen LogP contribution in [0.3, 0.4) is 0 Å². The number of allylic oxidation sites excluding steroid dienone is 1. The largest absolute Gasteiger partial charge is 0.0999 e. The summed E-state index contributed by atoms with van der Waals surface area (Å²) in [6.07, 6.45) is 5.93. The van der Waals surface area contributed by atoms with Crippen LogP contribution in [-0.2, 0) is 12.8 Å². The molecule has 0 radical (unpaired) electrons. The molecule has 1 aliphatic rings. The molecule has 0 bridgehead atoms. The first-order valence-electron chi connectivity index (χ1n) is 7.17. The Balaban J connectivity index is 1.95. The molecule has 2 aromatic rings.